The Bertz CT molecular complexity index is 1190. The van der Waals surface area contributed by atoms with E-state index in [2.05, 4.69) is 17.1 Å². The molecule has 1 saturated heterocycles. The van der Waals surface area contributed by atoms with Gasteiger partial charge < -0.3 is 29.1 Å². The zero-order valence-electron chi connectivity index (χ0n) is 21.0. The van der Waals surface area contributed by atoms with E-state index in [1.54, 1.807) is 24.7 Å². The molecule has 5 rings (SSSR count). The van der Waals surface area contributed by atoms with E-state index >= 15 is 0 Å². The van der Waals surface area contributed by atoms with Crippen molar-refractivity contribution < 1.29 is 24.1 Å². The zero-order valence-corrected chi connectivity index (χ0v) is 21.0. The van der Waals surface area contributed by atoms with Gasteiger partial charge >= 0.3 is 0 Å². The summed E-state index contributed by atoms with van der Waals surface area (Å²) >= 11 is 0. The number of hydrogen-bond donors (Lipinski definition) is 1. The number of anilines is 1. The van der Waals surface area contributed by atoms with Gasteiger partial charge in [0.2, 0.25) is 11.8 Å². The van der Waals surface area contributed by atoms with E-state index in [-0.39, 0.29) is 29.9 Å². The van der Waals surface area contributed by atoms with Crippen molar-refractivity contribution >= 4 is 11.6 Å². The summed E-state index contributed by atoms with van der Waals surface area (Å²) < 4.78 is 17.5. The van der Waals surface area contributed by atoms with E-state index in [1.807, 2.05) is 22.1 Å². The van der Waals surface area contributed by atoms with Gasteiger partial charge in [-0.15, -0.1) is 0 Å². The largest absolute Gasteiger partial charge is 0.488 e. The van der Waals surface area contributed by atoms with Crippen molar-refractivity contribution in [1.29, 1.82) is 5.26 Å². The fourth-order valence-electron chi connectivity index (χ4n) is 5.29. The lowest BCUT2D eigenvalue weighted by Crippen LogP contribution is -2.37. The molecule has 37 heavy (non-hydrogen) atoms. The number of ether oxygens (including phenoxy) is 3. The predicted octanol–water partition coefficient (Wildman–Crippen LogP) is 3.88. The molecule has 4 aliphatic rings. The fourth-order valence-corrected chi connectivity index (χ4v) is 5.29. The van der Waals surface area contributed by atoms with Crippen LogP contribution in [0.2, 0.25) is 0 Å². The second-order valence-electron chi connectivity index (χ2n) is 9.77. The quantitative estimate of drug-likeness (QED) is 0.622. The SMILES string of the molecule is COc1ncc(N2C=COC(C3=C(O[C@H]4CCN(C(=O)C5CCC(O)CC5)C4)C=CCC3)=C2)cc1C#N. The molecule has 1 saturated carbocycles. The van der Waals surface area contributed by atoms with Gasteiger partial charge in [0, 0.05) is 30.7 Å². The molecule has 9 nitrogen and oxygen atoms in total. The maximum absolute atomic E-state index is 13.0. The van der Waals surface area contributed by atoms with Crippen molar-refractivity contribution in [2.24, 2.45) is 5.92 Å². The first kappa shape index (κ1) is 24.9. The molecule has 2 aliphatic carbocycles. The minimum Gasteiger partial charge on any atom is -0.488 e. The molecule has 1 amide bonds. The van der Waals surface area contributed by atoms with Crippen LogP contribution in [0.5, 0.6) is 5.88 Å². The van der Waals surface area contributed by atoms with Crippen LogP contribution < -0.4 is 9.64 Å². The molecule has 0 spiro atoms. The number of likely N-dealkylation sites (tertiary alicyclic amines) is 1. The average Bonchev–Trinajstić information content (AvgIpc) is 3.41. The Kier molecular flexibility index (Phi) is 7.47. The van der Waals surface area contributed by atoms with Crippen LogP contribution in [0.1, 0.15) is 50.5 Å². The molecule has 0 unspecified atom stereocenters. The molecule has 1 aromatic heterocycles. The molecule has 2 fully saturated rings. The van der Waals surface area contributed by atoms with Crippen LogP contribution in [0.25, 0.3) is 0 Å². The monoisotopic (exact) mass is 504 g/mol. The fraction of sp³-hybridized carbons (Fsp3) is 0.464. The van der Waals surface area contributed by atoms with Crippen molar-refractivity contribution in [3.05, 3.63) is 65.7 Å². The van der Waals surface area contributed by atoms with E-state index in [9.17, 15) is 15.2 Å². The molecule has 2 aliphatic heterocycles. The molecule has 9 heteroatoms. The van der Waals surface area contributed by atoms with Crippen LogP contribution in [0.4, 0.5) is 5.69 Å². The third kappa shape index (κ3) is 5.49. The van der Waals surface area contributed by atoms with Gasteiger partial charge in [0.05, 0.1) is 37.8 Å². The first-order valence-electron chi connectivity index (χ1n) is 12.9. The summed E-state index contributed by atoms with van der Waals surface area (Å²) in [5.74, 6) is 1.92. The number of aromatic nitrogens is 1. The van der Waals surface area contributed by atoms with Gasteiger partial charge in [-0.25, -0.2) is 4.98 Å². The minimum absolute atomic E-state index is 0.0130. The first-order valence-corrected chi connectivity index (χ1v) is 12.9. The molecule has 1 atom stereocenters. The third-order valence-electron chi connectivity index (χ3n) is 7.34. The van der Waals surface area contributed by atoms with Crippen molar-refractivity contribution in [2.45, 2.75) is 57.2 Å². The summed E-state index contributed by atoms with van der Waals surface area (Å²) in [6.45, 7) is 1.26. The highest BCUT2D eigenvalue weighted by Crippen LogP contribution is 2.33. The summed E-state index contributed by atoms with van der Waals surface area (Å²) in [4.78, 5) is 21.0. The zero-order chi connectivity index (χ0) is 25.8. The normalized spacial score (nSPS) is 25.4. The predicted molar refractivity (Wildman–Crippen MR) is 136 cm³/mol. The van der Waals surface area contributed by atoms with E-state index in [4.69, 9.17) is 14.2 Å². The number of rotatable bonds is 6. The Balaban J connectivity index is 1.29. The Morgan fingerprint density at radius 2 is 2.11 bits per heavy atom. The van der Waals surface area contributed by atoms with Crippen LogP contribution in [0, 0.1) is 17.2 Å². The van der Waals surface area contributed by atoms with E-state index < -0.39 is 0 Å². The number of hydrogen-bond acceptors (Lipinski definition) is 8. The molecule has 194 valence electrons. The van der Waals surface area contributed by atoms with Crippen molar-refractivity contribution in [1.82, 2.24) is 9.88 Å². The Morgan fingerprint density at radius 3 is 2.89 bits per heavy atom. The van der Waals surface area contributed by atoms with Gasteiger partial charge in [0.15, 0.2) is 0 Å². The van der Waals surface area contributed by atoms with Crippen LogP contribution in [-0.2, 0) is 14.3 Å². The van der Waals surface area contributed by atoms with Gasteiger partial charge in [-0.2, -0.15) is 5.26 Å². The number of carbonyl (C=O) groups is 1. The van der Waals surface area contributed by atoms with E-state index in [0.29, 0.717) is 42.9 Å². The Labute approximate surface area is 216 Å². The summed E-state index contributed by atoms with van der Waals surface area (Å²) in [6.07, 6.45) is 16.0. The number of nitrogens with zero attached hydrogens (tertiary/aromatic N) is 4. The second-order valence-corrected chi connectivity index (χ2v) is 9.77. The summed E-state index contributed by atoms with van der Waals surface area (Å²) in [6, 6.07) is 3.84. The third-order valence-corrected chi connectivity index (χ3v) is 7.34. The number of amides is 1. The van der Waals surface area contributed by atoms with Crippen LogP contribution in [0.3, 0.4) is 0 Å². The van der Waals surface area contributed by atoms with Gasteiger partial charge in [-0.3, -0.25) is 4.79 Å². The number of allylic oxidation sites excluding steroid dienone is 3. The summed E-state index contributed by atoms with van der Waals surface area (Å²) in [5, 5.41) is 19.2. The van der Waals surface area contributed by atoms with Crippen LogP contribution >= 0.6 is 0 Å². The molecular weight excluding hydrogens is 472 g/mol. The smallest absolute Gasteiger partial charge is 0.231 e. The lowest BCUT2D eigenvalue weighted by Gasteiger charge is -2.28. The van der Waals surface area contributed by atoms with Crippen LogP contribution in [0.15, 0.2) is 60.2 Å². The molecular formula is C28H32N4O5. The highest BCUT2D eigenvalue weighted by atomic mass is 16.5. The summed E-state index contributed by atoms with van der Waals surface area (Å²) in [5.41, 5.74) is 2.03. The highest BCUT2D eigenvalue weighted by molar-refractivity contribution is 5.79. The lowest BCUT2D eigenvalue weighted by atomic mass is 9.86. The lowest BCUT2D eigenvalue weighted by molar-refractivity contribution is -0.136. The maximum Gasteiger partial charge on any atom is 0.231 e. The van der Waals surface area contributed by atoms with Gasteiger partial charge in [0.1, 0.15) is 35.5 Å². The number of pyridine rings is 1. The van der Waals surface area contributed by atoms with Crippen LogP contribution in [-0.4, -0.2) is 53.3 Å². The minimum atomic E-state index is -0.265. The molecule has 0 radical (unpaired) electrons. The standard InChI is InChI=1S/C28H32N4O5/c1-35-27-20(15-29)14-21(16-30-27)31-12-13-36-26(18-31)24-4-2-3-5-25(24)37-23-10-11-32(17-23)28(34)19-6-8-22(33)9-7-19/h3,5,12-14,16,18-19,22-23,33H,2,4,6-11,17H2,1H3/t19?,22?,23-/m0/s1. The molecule has 1 N–H and O–H groups in total. The number of methoxy groups -OCH3 is 1. The molecule has 0 bridgehead atoms. The Morgan fingerprint density at radius 1 is 1.27 bits per heavy atom. The van der Waals surface area contributed by atoms with Crippen molar-refractivity contribution in [3.8, 4) is 11.9 Å². The maximum atomic E-state index is 13.0. The first-order chi connectivity index (χ1) is 18.1. The number of aliphatic hydroxyl groups is 1. The Hall–Kier alpha value is -3.77. The highest BCUT2D eigenvalue weighted by Gasteiger charge is 2.34. The number of carbonyl (C=O) groups excluding carboxylic acids is 1. The number of nitriles is 1. The summed E-state index contributed by atoms with van der Waals surface area (Å²) in [7, 11) is 1.49. The van der Waals surface area contributed by atoms with Gasteiger partial charge in [-0.1, -0.05) is 6.08 Å². The molecule has 0 aromatic carbocycles. The van der Waals surface area contributed by atoms with E-state index in [1.165, 1.54) is 7.11 Å². The van der Waals surface area contributed by atoms with Crippen molar-refractivity contribution in [2.75, 3.05) is 25.1 Å². The number of aliphatic hydroxyl groups excluding tert-OH is 1. The van der Waals surface area contributed by atoms with Gasteiger partial charge in [0.25, 0.3) is 0 Å². The average molecular weight is 505 g/mol. The van der Waals surface area contributed by atoms with E-state index in [0.717, 1.165) is 43.4 Å². The molecule has 1 aromatic rings. The molecule has 3 heterocycles. The second kappa shape index (κ2) is 11.1. The van der Waals surface area contributed by atoms with Crippen molar-refractivity contribution in [3.63, 3.8) is 0 Å². The van der Waals surface area contributed by atoms with Gasteiger partial charge in [-0.05, 0) is 50.7 Å². The topological polar surface area (TPSA) is 108 Å².